The molecule has 3 aromatic rings. The second-order valence-electron chi connectivity index (χ2n) is 4.69. The van der Waals surface area contributed by atoms with E-state index in [1.807, 2.05) is 0 Å². The Morgan fingerprint density at radius 2 is 1.88 bits per heavy atom. The van der Waals surface area contributed by atoms with Crippen molar-refractivity contribution in [2.45, 2.75) is 11.1 Å². The van der Waals surface area contributed by atoms with Crippen LogP contribution in [0, 0.1) is 0 Å². The Hall–Kier alpha value is -1.91. The van der Waals surface area contributed by atoms with Crippen molar-refractivity contribution in [1.29, 1.82) is 0 Å². The normalized spacial score (nSPS) is 12.5. The highest BCUT2D eigenvalue weighted by atomic mass is 35.5. The SMILES string of the molecule is O=S(=O)(Nc1cccc2nsnc12)c1cc(C(F)(F)F)ccc1Cl. The van der Waals surface area contributed by atoms with E-state index in [9.17, 15) is 21.6 Å². The Kier molecular flexibility index (Phi) is 4.14. The van der Waals surface area contributed by atoms with Crippen molar-refractivity contribution in [2.75, 3.05) is 4.72 Å². The molecule has 0 atom stereocenters. The summed E-state index contributed by atoms with van der Waals surface area (Å²) in [5.74, 6) is 0. The lowest BCUT2D eigenvalue weighted by molar-refractivity contribution is -0.137. The molecule has 0 aliphatic carbocycles. The third kappa shape index (κ3) is 3.17. The average molecular weight is 394 g/mol. The van der Waals surface area contributed by atoms with Gasteiger partial charge in [0.25, 0.3) is 10.0 Å². The van der Waals surface area contributed by atoms with Gasteiger partial charge in [0.05, 0.1) is 28.0 Å². The molecule has 0 aliphatic rings. The summed E-state index contributed by atoms with van der Waals surface area (Å²) in [6, 6.07) is 6.71. The van der Waals surface area contributed by atoms with Gasteiger partial charge >= 0.3 is 6.18 Å². The van der Waals surface area contributed by atoms with Crippen LogP contribution in [0.15, 0.2) is 41.3 Å². The summed E-state index contributed by atoms with van der Waals surface area (Å²) < 4.78 is 73.5. The van der Waals surface area contributed by atoms with Gasteiger partial charge in [0.2, 0.25) is 0 Å². The minimum atomic E-state index is -4.69. The van der Waals surface area contributed by atoms with Gasteiger partial charge in [0, 0.05) is 0 Å². The van der Waals surface area contributed by atoms with Crippen LogP contribution in [-0.4, -0.2) is 17.2 Å². The number of halogens is 4. The molecule has 1 heterocycles. The summed E-state index contributed by atoms with van der Waals surface area (Å²) >= 11 is 6.67. The number of sulfonamides is 1. The summed E-state index contributed by atoms with van der Waals surface area (Å²) in [6.07, 6.45) is -4.69. The second kappa shape index (κ2) is 5.87. The van der Waals surface area contributed by atoms with Crippen LogP contribution >= 0.6 is 23.3 Å². The van der Waals surface area contributed by atoms with Crippen LogP contribution in [0.2, 0.25) is 5.02 Å². The van der Waals surface area contributed by atoms with E-state index in [2.05, 4.69) is 13.5 Å². The molecule has 24 heavy (non-hydrogen) atoms. The smallest absolute Gasteiger partial charge is 0.277 e. The summed E-state index contributed by atoms with van der Waals surface area (Å²) in [7, 11) is -4.34. The predicted molar refractivity (Wildman–Crippen MR) is 84.7 cm³/mol. The van der Waals surface area contributed by atoms with Crippen molar-refractivity contribution in [2.24, 2.45) is 0 Å². The van der Waals surface area contributed by atoms with Crippen LogP contribution in [0.25, 0.3) is 11.0 Å². The molecular formula is C13H7ClF3N3O2S2. The van der Waals surface area contributed by atoms with Crippen molar-refractivity contribution in [3.8, 4) is 0 Å². The fourth-order valence-electron chi connectivity index (χ4n) is 1.97. The van der Waals surface area contributed by atoms with Gasteiger partial charge < -0.3 is 0 Å². The molecular weight excluding hydrogens is 387 g/mol. The number of aromatic nitrogens is 2. The van der Waals surface area contributed by atoms with Crippen LogP contribution in [-0.2, 0) is 16.2 Å². The fourth-order valence-corrected chi connectivity index (χ4v) is 4.12. The molecule has 0 spiro atoms. The van der Waals surface area contributed by atoms with E-state index in [-0.39, 0.29) is 10.7 Å². The van der Waals surface area contributed by atoms with Gasteiger partial charge in [-0.15, -0.1) is 0 Å². The number of benzene rings is 2. The first kappa shape index (κ1) is 16.9. The molecule has 0 radical (unpaired) electrons. The summed E-state index contributed by atoms with van der Waals surface area (Å²) in [5, 5.41) is -0.320. The zero-order valence-corrected chi connectivity index (χ0v) is 13.9. The number of rotatable bonds is 3. The molecule has 11 heteroatoms. The average Bonchev–Trinajstić information content (AvgIpc) is 2.95. The van der Waals surface area contributed by atoms with Crippen LogP contribution in [0.4, 0.5) is 18.9 Å². The van der Waals surface area contributed by atoms with Crippen molar-refractivity contribution >= 4 is 50.1 Å². The molecule has 126 valence electrons. The van der Waals surface area contributed by atoms with Crippen molar-refractivity contribution < 1.29 is 21.6 Å². The van der Waals surface area contributed by atoms with Gasteiger partial charge in [-0.2, -0.15) is 21.9 Å². The molecule has 0 saturated heterocycles. The standard InChI is InChI=1S/C13H7ClF3N3O2S2/c14-8-5-4-7(13(15,16)17)6-11(8)24(21,22)20-10-3-1-2-9-12(10)19-23-18-9/h1-6,20H. The lowest BCUT2D eigenvalue weighted by Gasteiger charge is -2.12. The first-order chi connectivity index (χ1) is 11.2. The van der Waals surface area contributed by atoms with Gasteiger partial charge in [-0.1, -0.05) is 17.7 Å². The van der Waals surface area contributed by atoms with E-state index in [1.165, 1.54) is 6.07 Å². The van der Waals surface area contributed by atoms with Gasteiger partial charge in [0.15, 0.2) is 0 Å². The molecule has 0 bridgehead atoms. The van der Waals surface area contributed by atoms with Gasteiger partial charge in [-0.3, -0.25) is 4.72 Å². The van der Waals surface area contributed by atoms with Crippen molar-refractivity contribution in [3.05, 3.63) is 47.0 Å². The first-order valence-electron chi connectivity index (χ1n) is 6.29. The molecule has 2 aromatic carbocycles. The van der Waals surface area contributed by atoms with E-state index in [0.29, 0.717) is 23.2 Å². The third-order valence-electron chi connectivity index (χ3n) is 3.08. The fraction of sp³-hybridized carbons (Fsp3) is 0.0769. The van der Waals surface area contributed by atoms with Gasteiger partial charge in [-0.25, -0.2) is 8.42 Å². The van der Waals surface area contributed by atoms with E-state index < -0.39 is 26.7 Å². The molecule has 0 fully saturated rings. The summed E-state index contributed by atoms with van der Waals surface area (Å²) in [4.78, 5) is -0.667. The molecule has 3 rings (SSSR count). The predicted octanol–water partition coefficient (Wildman–Crippen LogP) is 4.16. The number of hydrogen-bond donors (Lipinski definition) is 1. The Balaban J connectivity index is 2.07. The maximum absolute atomic E-state index is 12.8. The molecule has 0 amide bonds. The number of hydrogen-bond acceptors (Lipinski definition) is 5. The molecule has 5 nitrogen and oxygen atoms in total. The van der Waals surface area contributed by atoms with Crippen LogP contribution in [0.5, 0.6) is 0 Å². The first-order valence-corrected chi connectivity index (χ1v) is 8.88. The highest BCUT2D eigenvalue weighted by Gasteiger charge is 2.33. The zero-order valence-electron chi connectivity index (χ0n) is 11.5. The minimum absolute atomic E-state index is 0.106. The van der Waals surface area contributed by atoms with Crippen molar-refractivity contribution in [3.63, 3.8) is 0 Å². The third-order valence-corrected chi connectivity index (χ3v) is 5.47. The minimum Gasteiger partial charge on any atom is -0.277 e. The number of anilines is 1. The summed E-state index contributed by atoms with van der Waals surface area (Å²) in [5.41, 5.74) is -0.236. The van der Waals surface area contributed by atoms with Crippen LogP contribution < -0.4 is 4.72 Å². The van der Waals surface area contributed by atoms with E-state index in [1.54, 1.807) is 12.1 Å². The number of fused-ring (bicyclic) bond motifs is 1. The molecule has 1 N–H and O–H groups in total. The monoisotopic (exact) mass is 393 g/mol. The Bertz CT molecular complexity index is 1020. The highest BCUT2D eigenvalue weighted by Crippen LogP contribution is 2.34. The topological polar surface area (TPSA) is 72.0 Å². The van der Waals surface area contributed by atoms with E-state index in [0.717, 1.165) is 17.8 Å². The van der Waals surface area contributed by atoms with Gasteiger partial charge in [-0.05, 0) is 30.3 Å². The number of nitrogens with zero attached hydrogens (tertiary/aromatic N) is 2. The Morgan fingerprint density at radius 3 is 2.58 bits per heavy atom. The molecule has 0 aliphatic heterocycles. The lowest BCUT2D eigenvalue weighted by atomic mass is 10.2. The Morgan fingerprint density at radius 1 is 1.12 bits per heavy atom. The number of alkyl halides is 3. The maximum atomic E-state index is 12.8. The Labute approximate surface area is 143 Å². The quantitative estimate of drug-likeness (QED) is 0.725. The van der Waals surface area contributed by atoms with Crippen molar-refractivity contribution in [1.82, 2.24) is 8.75 Å². The highest BCUT2D eigenvalue weighted by molar-refractivity contribution is 7.92. The molecule has 0 unspecified atom stereocenters. The molecule has 0 saturated carbocycles. The van der Waals surface area contributed by atoms with Crippen LogP contribution in [0.1, 0.15) is 5.56 Å². The largest absolute Gasteiger partial charge is 0.416 e. The maximum Gasteiger partial charge on any atom is 0.416 e. The number of nitrogens with one attached hydrogen (secondary N) is 1. The zero-order chi connectivity index (χ0) is 17.5. The lowest BCUT2D eigenvalue weighted by Crippen LogP contribution is -2.15. The molecule has 1 aromatic heterocycles. The second-order valence-corrected chi connectivity index (χ2v) is 7.27. The van der Waals surface area contributed by atoms with Crippen LogP contribution in [0.3, 0.4) is 0 Å². The van der Waals surface area contributed by atoms with E-state index in [4.69, 9.17) is 11.6 Å². The summed E-state index contributed by atoms with van der Waals surface area (Å²) in [6.45, 7) is 0. The van der Waals surface area contributed by atoms with E-state index >= 15 is 0 Å². The van der Waals surface area contributed by atoms with Gasteiger partial charge in [0.1, 0.15) is 15.9 Å².